The lowest BCUT2D eigenvalue weighted by molar-refractivity contribution is 0.0891. The zero-order chi connectivity index (χ0) is 44.9. The van der Waals surface area contributed by atoms with Crippen molar-refractivity contribution in [1.29, 1.82) is 0 Å². The minimum atomic E-state index is -0.339. The highest BCUT2D eigenvalue weighted by Gasteiger charge is 2.39. The molecule has 320 valence electrons. The van der Waals surface area contributed by atoms with Gasteiger partial charge in [-0.25, -0.2) is 4.90 Å². The molecular formula is C56H50N2O4S2. The lowest BCUT2D eigenvalue weighted by Gasteiger charge is -2.33. The van der Waals surface area contributed by atoms with E-state index in [1.54, 1.807) is 23.1 Å². The van der Waals surface area contributed by atoms with Gasteiger partial charge < -0.3 is 5.32 Å². The number of para-hydroxylation sites is 2. The number of hydrogen-bond donors (Lipinski definition) is 1. The fraction of sp³-hybridized carbons (Fsp3) is 0.250. The standard InChI is InChI=1S/C56H50N2O4S2/c1-28(2)33-12-9-13-34(29(3)4)52(33)57-54(60)43-26-42(44-23-24-46(64-44)45-16-11-25-63-45)49-39-20-22-41-50-40(21-19-37(48(39)50)38-18-17-32(27-59)47(43)51(38)49)55(61)58(56(41)62)53-35(30(5)6)14-10-15-36(53)31(7)8/h9-22,24-31,44H,23H2,1-8H3,(H,57,60). The zero-order valence-electron chi connectivity index (χ0n) is 37.4. The first-order valence-corrected chi connectivity index (χ1v) is 24.1. The molecule has 1 N–H and O–H groups in total. The molecule has 64 heavy (non-hydrogen) atoms. The SMILES string of the molecule is CC(C)c1cccc(C(C)C)c1NC(=O)c1cc(C2CC=C(c3cccs3)S2)c2c3ccc4c5c(ccc(c6ccc(C=O)c1c62)c53)C(=O)N(c1c(C(C)C)cccc1C(C)C)C4=O. The molecule has 0 aliphatic carbocycles. The van der Waals surface area contributed by atoms with Gasteiger partial charge in [-0.2, -0.15) is 0 Å². The van der Waals surface area contributed by atoms with Crippen LogP contribution in [-0.4, -0.2) is 24.0 Å². The number of hydrogen-bond acceptors (Lipinski definition) is 6. The molecule has 0 bridgehead atoms. The molecular weight excluding hydrogens is 829 g/mol. The summed E-state index contributed by atoms with van der Waals surface area (Å²) in [6.07, 6.45) is 3.87. The monoisotopic (exact) mass is 878 g/mol. The fourth-order valence-corrected chi connectivity index (χ4v) is 12.5. The van der Waals surface area contributed by atoms with Gasteiger partial charge >= 0.3 is 0 Å². The van der Waals surface area contributed by atoms with Gasteiger partial charge in [-0.15, -0.1) is 23.1 Å². The molecule has 0 saturated heterocycles. The minimum Gasteiger partial charge on any atom is -0.321 e. The van der Waals surface area contributed by atoms with Gasteiger partial charge in [-0.3, -0.25) is 19.2 Å². The highest BCUT2D eigenvalue weighted by atomic mass is 32.2. The summed E-state index contributed by atoms with van der Waals surface area (Å²) < 4.78 is 0. The number of allylic oxidation sites excluding steroid dienone is 1. The van der Waals surface area contributed by atoms with E-state index in [0.717, 1.165) is 78.5 Å². The molecule has 0 spiro atoms. The number of nitrogens with one attached hydrogen (secondary N) is 1. The van der Waals surface area contributed by atoms with Gasteiger partial charge in [0.05, 0.1) is 5.69 Å². The van der Waals surface area contributed by atoms with Gasteiger partial charge in [0, 0.05) is 53.7 Å². The molecule has 2 aliphatic rings. The number of amides is 3. The minimum absolute atomic E-state index is 0.0573. The van der Waals surface area contributed by atoms with E-state index >= 15 is 14.4 Å². The summed E-state index contributed by atoms with van der Waals surface area (Å²) >= 11 is 3.50. The van der Waals surface area contributed by atoms with E-state index in [-0.39, 0.29) is 46.6 Å². The summed E-state index contributed by atoms with van der Waals surface area (Å²) in [6, 6.07) is 30.1. The summed E-state index contributed by atoms with van der Waals surface area (Å²) in [5.74, 6) is -0.467. The molecule has 0 fully saturated rings. The molecule has 3 heterocycles. The number of nitrogens with zero attached hydrogens (tertiary/aromatic N) is 1. The molecule has 1 atom stereocenters. The predicted octanol–water partition coefficient (Wildman–Crippen LogP) is 15.4. The van der Waals surface area contributed by atoms with Gasteiger partial charge in [0.2, 0.25) is 0 Å². The first-order chi connectivity index (χ1) is 30.8. The lowest BCUT2D eigenvalue weighted by atomic mass is 9.80. The van der Waals surface area contributed by atoms with Crippen molar-refractivity contribution in [1.82, 2.24) is 0 Å². The van der Waals surface area contributed by atoms with Crippen LogP contribution < -0.4 is 10.2 Å². The predicted molar refractivity (Wildman–Crippen MR) is 269 cm³/mol. The van der Waals surface area contributed by atoms with Crippen molar-refractivity contribution in [3.63, 3.8) is 0 Å². The molecule has 0 saturated carbocycles. The molecule has 10 rings (SSSR count). The second-order valence-electron chi connectivity index (χ2n) is 18.5. The zero-order valence-corrected chi connectivity index (χ0v) is 39.0. The average molecular weight is 879 g/mol. The van der Waals surface area contributed by atoms with E-state index in [4.69, 9.17) is 0 Å². The highest BCUT2D eigenvalue weighted by molar-refractivity contribution is 8.09. The number of imide groups is 1. The average Bonchev–Trinajstić information content (AvgIpc) is 4.01. The smallest absolute Gasteiger partial charge is 0.266 e. The third-order valence-corrected chi connectivity index (χ3v) is 15.8. The summed E-state index contributed by atoms with van der Waals surface area (Å²) in [5, 5.41) is 11.9. The number of carbonyl (C=O) groups is 4. The molecule has 8 heteroatoms. The van der Waals surface area contributed by atoms with Crippen LogP contribution in [0.25, 0.3) is 48.0 Å². The second-order valence-corrected chi connectivity index (χ2v) is 20.7. The van der Waals surface area contributed by atoms with Gasteiger partial charge in [0.25, 0.3) is 17.7 Å². The first kappa shape index (κ1) is 41.9. The Morgan fingerprint density at radius 1 is 0.656 bits per heavy atom. The number of rotatable bonds is 10. The Kier molecular flexibility index (Phi) is 10.4. The number of fused-ring (bicyclic) bond motifs is 2. The molecule has 8 aromatic rings. The van der Waals surface area contributed by atoms with E-state index in [0.29, 0.717) is 38.7 Å². The molecule has 1 aromatic heterocycles. The Balaban J connectivity index is 1.26. The molecule has 0 radical (unpaired) electrons. The van der Waals surface area contributed by atoms with E-state index < -0.39 is 0 Å². The fourth-order valence-electron chi connectivity index (χ4n) is 10.4. The number of carbonyl (C=O) groups excluding carboxylic acids is 4. The maximum atomic E-state index is 15.2. The molecule has 7 aromatic carbocycles. The quantitative estimate of drug-likeness (QED) is 0.0640. The van der Waals surface area contributed by atoms with E-state index in [1.165, 1.54) is 14.7 Å². The Hall–Kier alpha value is -6.09. The van der Waals surface area contributed by atoms with Crippen molar-refractivity contribution in [2.75, 3.05) is 10.2 Å². The van der Waals surface area contributed by atoms with Crippen molar-refractivity contribution < 1.29 is 19.2 Å². The van der Waals surface area contributed by atoms with Crippen molar-refractivity contribution in [3.05, 3.63) is 157 Å². The Bertz CT molecular complexity index is 3230. The third kappa shape index (κ3) is 6.35. The summed E-state index contributed by atoms with van der Waals surface area (Å²) in [6.45, 7) is 16.9. The van der Waals surface area contributed by atoms with Crippen molar-refractivity contribution >= 4 is 106 Å². The van der Waals surface area contributed by atoms with Crippen molar-refractivity contribution in [2.45, 2.75) is 90.7 Å². The Morgan fingerprint density at radius 3 is 1.81 bits per heavy atom. The van der Waals surface area contributed by atoms with Crippen LogP contribution in [0.5, 0.6) is 0 Å². The summed E-state index contributed by atoms with van der Waals surface area (Å²) in [4.78, 5) is 62.3. The number of aldehydes is 1. The van der Waals surface area contributed by atoms with Crippen LogP contribution in [0.15, 0.2) is 102 Å². The highest BCUT2D eigenvalue weighted by Crippen LogP contribution is 2.55. The van der Waals surface area contributed by atoms with Gasteiger partial charge in [-0.05, 0) is 120 Å². The van der Waals surface area contributed by atoms with Gasteiger partial charge in [0.1, 0.15) is 0 Å². The first-order valence-electron chi connectivity index (χ1n) is 22.4. The van der Waals surface area contributed by atoms with Gasteiger partial charge in [-0.1, -0.05) is 128 Å². The molecule has 1 unspecified atom stereocenters. The molecule has 3 amide bonds. The van der Waals surface area contributed by atoms with Crippen LogP contribution in [0.1, 0.15) is 165 Å². The normalized spacial score (nSPS) is 15.4. The number of benzene rings is 7. The van der Waals surface area contributed by atoms with Crippen LogP contribution >= 0.6 is 23.1 Å². The maximum absolute atomic E-state index is 15.2. The maximum Gasteiger partial charge on any atom is 0.266 e. The van der Waals surface area contributed by atoms with Crippen LogP contribution in [0.3, 0.4) is 0 Å². The topological polar surface area (TPSA) is 83.6 Å². The van der Waals surface area contributed by atoms with Crippen LogP contribution in [0.4, 0.5) is 11.4 Å². The Morgan fingerprint density at radius 2 is 1.23 bits per heavy atom. The number of anilines is 2. The molecule has 6 nitrogen and oxygen atoms in total. The number of thioether (sulfide) groups is 1. The third-order valence-electron chi connectivity index (χ3n) is 13.4. The largest absolute Gasteiger partial charge is 0.321 e. The van der Waals surface area contributed by atoms with E-state index in [9.17, 15) is 4.79 Å². The second kappa shape index (κ2) is 15.9. The van der Waals surface area contributed by atoms with Crippen molar-refractivity contribution in [3.8, 4) is 0 Å². The van der Waals surface area contributed by atoms with Crippen molar-refractivity contribution in [2.24, 2.45) is 0 Å². The van der Waals surface area contributed by atoms with Crippen LogP contribution in [0.2, 0.25) is 0 Å². The van der Waals surface area contributed by atoms with Crippen LogP contribution in [0, 0.1) is 0 Å². The summed E-state index contributed by atoms with van der Waals surface area (Å²) in [5.41, 5.74) is 8.31. The lowest BCUT2D eigenvalue weighted by Crippen LogP contribution is -2.41. The Labute approximate surface area is 382 Å². The van der Waals surface area contributed by atoms with Gasteiger partial charge in [0.15, 0.2) is 6.29 Å². The number of thiophene rings is 1. The molecule has 2 aliphatic heterocycles. The van der Waals surface area contributed by atoms with E-state index in [1.807, 2.05) is 60.7 Å². The summed E-state index contributed by atoms with van der Waals surface area (Å²) in [7, 11) is 0. The van der Waals surface area contributed by atoms with Crippen LogP contribution in [-0.2, 0) is 0 Å². The van der Waals surface area contributed by atoms with E-state index in [2.05, 4.69) is 102 Å².